The Morgan fingerprint density at radius 1 is 1.28 bits per heavy atom. The van der Waals surface area contributed by atoms with Crippen LogP contribution in [0.5, 0.6) is 0 Å². The molecular formula is C11H10N4S3. The molecular weight excluding hydrogens is 284 g/mol. The molecule has 7 heteroatoms. The zero-order chi connectivity index (χ0) is 12.4. The number of aromatic nitrogens is 3. The van der Waals surface area contributed by atoms with Crippen LogP contribution in [0.25, 0.3) is 10.2 Å². The van der Waals surface area contributed by atoms with Gasteiger partial charge >= 0.3 is 0 Å². The maximum absolute atomic E-state index is 4.55. The van der Waals surface area contributed by atoms with Gasteiger partial charge in [0.1, 0.15) is 9.86 Å². The minimum atomic E-state index is 0.687. The molecule has 92 valence electrons. The smallest absolute Gasteiger partial charge is 0.225 e. The van der Waals surface area contributed by atoms with Crippen LogP contribution in [0.4, 0.5) is 5.95 Å². The SMILES string of the molecule is CCNc1nc(Sc2nccs2)c2ccsc2n1. The Labute approximate surface area is 117 Å². The number of fused-ring (bicyclic) bond motifs is 1. The van der Waals surface area contributed by atoms with E-state index in [2.05, 4.69) is 26.3 Å². The first kappa shape index (κ1) is 11.9. The molecule has 3 aromatic rings. The quantitative estimate of drug-likeness (QED) is 0.743. The average Bonchev–Trinajstić information content (AvgIpc) is 2.99. The van der Waals surface area contributed by atoms with E-state index >= 15 is 0 Å². The van der Waals surface area contributed by atoms with Gasteiger partial charge in [0.25, 0.3) is 0 Å². The second-order valence-electron chi connectivity index (χ2n) is 3.42. The molecule has 0 spiro atoms. The van der Waals surface area contributed by atoms with Crippen LogP contribution in [-0.2, 0) is 0 Å². The molecule has 0 aromatic carbocycles. The lowest BCUT2D eigenvalue weighted by Gasteiger charge is -2.04. The van der Waals surface area contributed by atoms with Crippen molar-refractivity contribution in [2.24, 2.45) is 0 Å². The number of hydrogen-bond donors (Lipinski definition) is 1. The van der Waals surface area contributed by atoms with Crippen molar-refractivity contribution in [3.8, 4) is 0 Å². The molecule has 0 unspecified atom stereocenters. The van der Waals surface area contributed by atoms with E-state index in [1.54, 1.807) is 34.4 Å². The molecule has 0 saturated carbocycles. The van der Waals surface area contributed by atoms with Crippen LogP contribution in [0.2, 0.25) is 0 Å². The van der Waals surface area contributed by atoms with Crippen LogP contribution in [0, 0.1) is 0 Å². The summed E-state index contributed by atoms with van der Waals surface area (Å²) >= 11 is 4.85. The van der Waals surface area contributed by atoms with Crippen LogP contribution in [0.1, 0.15) is 6.92 Å². The van der Waals surface area contributed by atoms with Gasteiger partial charge in [0.2, 0.25) is 5.95 Å². The maximum Gasteiger partial charge on any atom is 0.225 e. The Morgan fingerprint density at radius 3 is 3.00 bits per heavy atom. The molecule has 4 nitrogen and oxygen atoms in total. The van der Waals surface area contributed by atoms with E-state index in [1.807, 2.05) is 23.9 Å². The molecule has 18 heavy (non-hydrogen) atoms. The van der Waals surface area contributed by atoms with Crippen molar-refractivity contribution in [2.75, 3.05) is 11.9 Å². The minimum absolute atomic E-state index is 0.687. The molecule has 0 bridgehead atoms. The standard InChI is InChI=1S/C11H10N4S3/c1-2-12-10-14-8-7(3-5-16-8)9(15-10)18-11-13-4-6-17-11/h3-6H,2H2,1H3,(H,12,14,15). The zero-order valence-corrected chi connectivity index (χ0v) is 12.0. The molecule has 0 atom stereocenters. The van der Waals surface area contributed by atoms with Gasteiger partial charge in [-0.15, -0.1) is 22.7 Å². The largest absolute Gasteiger partial charge is 0.354 e. The molecule has 0 amide bonds. The van der Waals surface area contributed by atoms with E-state index in [-0.39, 0.29) is 0 Å². The summed E-state index contributed by atoms with van der Waals surface area (Å²) in [4.78, 5) is 14.3. The molecule has 0 aliphatic carbocycles. The summed E-state index contributed by atoms with van der Waals surface area (Å²) in [6.45, 7) is 2.86. The highest BCUT2D eigenvalue weighted by Crippen LogP contribution is 2.34. The summed E-state index contributed by atoms with van der Waals surface area (Å²) in [7, 11) is 0. The number of anilines is 1. The number of hydrogen-bond acceptors (Lipinski definition) is 7. The number of nitrogens with one attached hydrogen (secondary N) is 1. The van der Waals surface area contributed by atoms with Crippen molar-refractivity contribution in [2.45, 2.75) is 16.3 Å². The fraction of sp³-hybridized carbons (Fsp3) is 0.182. The third-order valence-corrected chi connectivity index (χ3v) is 4.91. The molecule has 3 heterocycles. The van der Waals surface area contributed by atoms with Crippen LogP contribution >= 0.6 is 34.4 Å². The van der Waals surface area contributed by atoms with E-state index in [0.717, 1.165) is 26.1 Å². The molecule has 3 rings (SSSR count). The van der Waals surface area contributed by atoms with Gasteiger partial charge in [-0.25, -0.2) is 15.0 Å². The Bertz CT molecular complexity index is 647. The second kappa shape index (κ2) is 5.21. The summed E-state index contributed by atoms with van der Waals surface area (Å²) in [5, 5.41) is 9.24. The van der Waals surface area contributed by atoms with Crippen molar-refractivity contribution in [1.82, 2.24) is 15.0 Å². The van der Waals surface area contributed by atoms with Crippen molar-refractivity contribution in [1.29, 1.82) is 0 Å². The number of nitrogens with zero attached hydrogens (tertiary/aromatic N) is 3. The number of thiophene rings is 1. The fourth-order valence-corrected chi connectivity index (χ4v) is 3.96. The fourth-order valence-electron chi connectivity index (χ4n) is 1.49. The van der Waals surface area contributed by atoms with Crippen molar-refractivity contribution >= 4 is 50.6 Å². The first-order valence-corrected chi connectivity index (χ1v) is 8.01. The van der Waals surface area contributed by atoms with E-state index < -0.39 is 0 Å². The van der Waals surface area contributed by atoms with Gasteiger partial charge in [-0.2, -0.15) is 0 Å². The third kappa shape index (κ3) is 2.33. The second-order valence-corrected chi connectivity index (χ2v) is 6.45. The minimum Gasteiger partial charge on any atom is -0.354 e. The van der Waals surface area contributed by atoms with Gasteiger partial charge in [0.05, 0.1) is 0 Å². The summed E-state index contributed by atoms with van der Waals surface area (Å²) in [6.07, 6.45) is 1.81. The van der Waals surface area contributed by atoms with Gasteiger partial charge < -0.3 is 5.32 Å². The van der Waals surface area contributed by atoms with E-state index in [4.69, 9.17) is 0 Å². The van der Waals surface area contributed by atoms with E-state index in [0.29, 0.717) is 5.95 Å². The Balaban J connectivity index is 2.04. The molecule has 0 aliphatic rings. The number of thiazole rings is 1. The first-order valence-electron chi connectivity index (χ1n) is 5.43. The Hall–Kier alpha value is -1.18. The van der Waals surface area contributed by atoms with Gasteiger partial charge in [-0.3, -0.25) is 0 Å². The molecule has 3 aromatic heterocycles. The van der Waals surface area contributed by atoms with Crippen molar-refractivity contribution in [3.05, 3.63) is 23.0 Å². The summed E-state index contributed by atoms with van der Waals surface area (Å²) in [5.41, 5.74) is 0. The maximum atomic E-state index is 4.55. The number of rotatable bonds is 4. The van der Waals surface area contributed by atoms with Gasteiger partial charge in [-0.1, -0.05) is 0 Å². The molecule has 0 fully saturated rings. The summed E-state index contributed by atoms with van der Waals surface area (Å²) < 4.78 is 1.00. The molecule has 0 radical (unpaired) electrons. The highest BCUT2D eigenvalue weighted by Gasteiger charge is 2.11. The summed E-state index contributed by atoms with van der Waals surface area (Å²) in [6, 6.07) is 2.06. The molecule has 0 aliphatic heterocycles. The van der Waals surface area contributed by atoms with E-state index in [9.17, 15) is 0 Å². The molecule has 0 saturated heterocycles. The normalized spacial score (nSPS) is 10.9. The predicted molar refractivity (Wildman–Crippen MR) is 77.8 cm³/mol. The lowest BCUT2D eigenvalue weighted by atomic mass is 10.4. The van der Waals surface area contributed by atoms with E-state index in [1.165, 1.54) is 0 Å². The Morgan fingerprint density at radius 2 is 2.22 bits per heavy atom. The third-order valence-electron chi connectivity index (χ3n) is 2.22. The van der Waals surface area contributed by atoms with Crippen molar-refractivity contribution < 1.29 is 0 Å². The first-order chi connectivity index (χ1) is 8.86. The average molecular weight is 294 g/mol. The van der Waals surface area contributed by atoms with Crippen molar-refractivity contribution in [3.63, 3.8) is 0 Å². The summed E-state index contributed by atoms with van der Waals surface area (Å²) in [5.74, 6) is 0.687. The van der Waals surface area contributed by atoms with Gasteiger partial charge in [0.15, 0.2) is 4.34 Å². The van der Waals surface area contributed by atoms with Crippen LogP contribution in [0.3, 0.4) is 0 Å². The highest BCUT2D eigenvalue weighted by molar-refractivity contribution is 8.01. The van der Waals surface area contributed by atoms with Gasteiger partial charge in [-0.05, 0) is 30.1 Å². The topological polar surface area (TPSA) is 50.7 Å². The van der Waals surface area contributed by atoms with Crippen LogP contribution < -0.4 is 5.32 Å². The lowest BCUT2D eigenvalue weighted by Crippen LogP contribution is -2.02. The molecule has 1 N–H and O–H groups in total. The van der Waals surface area contributed by atoms with Gasteiger partial charge in [0, 0.05) is 23.5 Å². The zero-order valence-electron chi connectivity index (χ0n) is 9.58. The lowest BCUT2D eigenvalue weighted by molar-refractivity contribution is 1.05. The highest BCUT2D eigenvalue weighted by atomic mass is 32.2. The predicted octanol–water partition coefficient (Wildman–Crippen LogP) is 3.73. The monoisotopic (exact) mass is 294 g/mol. The van der Waals surface area contributed by atoms with Crippen LogP contribution in [0.15, 0.2) is 32.4 Å². The van der Waals surface area contributed by atoms with Crippen LogP contribution in [-0.4, -0.2) is 21.5 Å². The Kier molecular flexibility index (Phi) is 3.44.